The number of anilines is 1. The van der Waals surface area contributed by atoms with Crippen LogP contribution in [0.2, 0.25) is 0 Å². The van der Waals surface area contributed by atoms with Gasteiger partial charge in [-0.05, 0) is 54.8 Å². The van der Waals surface area contributed by atoms with Gasteiger partial charge in [0, 0.05) is 30.4 Å². The quantitative estimate of drug-likeness (QED) is 0.361. The van der Waals surface area contributed by atoms with Crippen LogP contribution < -0.4 is 4.72 Å². The SMILES string of the molecule is Cn1cnc(-c2ccc3c(c2)ncn3-c2cc(-c3ccc(F)cc3F)cc(NS(=O)(=O)C3CC3)n2)c1. The van der Waals surface area contributed by atoms with Crippen LogP contribution in [0.1, 0.15) is 12.8 Å². The maximum absolute atomic E-state index is 14.7. The third-order valence-corrected chi connectivity index (χ3v) is 7.90. The van der Waals surface area contributed by atoms with Gasteiger partial charge in [-0.3, -0.25) is 9.29 Å². The van der Waals surface area contributed by atoms with Crippen LogP contribution in [0, 0.1) is 11.6 Å². The number of hydrogen-bond acceptors (Lipinski definition) is 5. The fourth-order valence-corrected chi connectivity index (χ4v) is 5.41. The van der Waals surface area contributed by atoms with Crippen molar-refractivity contribution in [1.29, 1.82) is 0 Å². The molecular weight excluding hydrogens is 486 g/mol. The number of benzene rings is 2. The number of aromatic nitrogens is 5. The lowest BCUT2D eigenvalue weighted by Crippen LogP contribution is -2.18. The molecular formula is C25H20F2N6O2S. The van der Waals surface area contributed by atoms with Gasteiger partial charge in [0.15, 0.2) is 0 Å². The van der Waals surface area contributed by atoms with E-state index in [1.165, 1.54) is 12.1 Å². The number of rotatable bonds is 6. The minimum Gasteiger partial charge on any atom is -0.340 e. The molecule has 1 saturated carbocycles. The van der Waals surface area contributed by atoms with Gasteiger partial charge in [0.25, 0.3) is 0 Å². The normalized spacial score (nSPS) is 13.9. The van der Waals surface area contributed by atoms with Crippen molar-refractivity contribution in [2.24, 2.45) is 7.05 Å². The first kappa shape index (κ1) is 22.4. The van der Waals surface area contributed by atoms with Crippen LogP contribution in [-0.4, -0.2) is 37.8 Å². The summed E-state index contributed by atoms with van der Waals surface area (Å²) in [7, 11) is -1.73. The first-order valence-corrected chi connectivity index (χ1v) is 12.8. The molecule has 0 unspecified atom stereocenters. The zero-order valence-electron chi connectivity index (χ0n) is 19.1. The van der Waals surface area contributed by atoms with Crippen LogP contribution in [0.25, 0.3) is 39.2 Å². The highest BCUT2D eigenvalue weighted by Gasteiger charge is 2.36. The first-order valence-electron chi connectivity index (χ1n) is 11.2. The summed E-state index contributed by atoms with van der Waals surface area (Å²) >= 11 is 0. The van der Waals surface area contributed by atoms with Crippen LogP contribution in [-0.2, 0) is 17.1 Å². The number of hydrogen-bond donors (Lipinski definition) is 1. The van der Waals surface area contributed by atoms with Gasteiger partial charge in [-0.1, -0.05) is 6.07 Å². The van der Waals surface area contributed by atoms with Crippen molar-refractivity contribution in [3.8, 4) is 28.2 Å². The predicted octanol–water partition coefficient (Wildman–Crippen LogP) is 4.67. The molecule has 5 aromatic rings. The van der Waals surface area contributed by atoms with Gasteiger partial charge in [0.05, 0.1) is 28.3 Å². The van der Waals surface area contributed by atoms with E-state index >= 15 is 0 Å². The van der Waals surface area contributed by atoms with E-state index in [0.717, 1.165) is 28.9 Å². The van der Waals surface area contributed by atoms with Crippen molar-refractivity contribution >= 4 is 26.9 Å². The minimum atomic E-state index is -3.62. The summed E-state index contributed by atoms with van der Waals surface area (Å²) in [4.78, 5) is 13.4. The molecule has 0 atom stereocenters. The Kier molecular flexibility index (Phi) is 5.11. The number of aryl methyl sites for hydroxylation is 1. The van der Waals surface area contributed by atoms with Gasteiger partial charge >= 0.3 is 0 Å². The Balaban J connectivity index is 1.47. The van der Waals surface area contributed by atoms with Crippen LogP contribution in [0.3, 0.4) is 0 Å². The summed E-state index contributed by atoms with van der Waals surface area (Å²) < 4.78 is 59.5. The number of pyridine rings is 1. The number of nitrogens with one attached hydrogen (secondary N) is 1. The van der Waals surface area contributed by atoms with Gasteiger partial charge in [-0.15, -0.1) is 0 Å². The third kappa shape index (κ3) is 4.11. The average Bonchev–Trinajstić information content (AvgIpc) is 3.49. The van der Waals surface area contributed by atoms with Gasteiger partial charge in [-0.2, -0.15) is 0 Å². The molecule has 0 spiro atoms. The zero-order chi connectivity index (χ0) is 25.0. The second-order valence-electron chi connectivity index (χ2n) is 8.81. The molecule has 182 valence electrons. The fraction of sp³-hybridized carbons (Fsp3) is 0.160. The predicted molar refractivity (Wildman–Crippen MR) is 132 cm³/mol. The Labute approximate surface area is 205 Å². The summed E-state index contributed by atoms with van der Waals surface area (Å²) in [5.41, 5.74) is 3.55. The van der Waals surface area contributed by atoms with Gasteiger partial charge in [-0.25, -0.2) is 32.2 Å². The number of nitrogens with zero attached hydrogens (tertiary/aromatic N) is 5. The average molecular weight is 507 g/mol. The highest BCUT2D eigenvalue weighted by molar-refractivity contribution is 7.93. The minimum absolute atomic E-state index is 0.0464. The van der Waals surface area contributed by atoms with Crippen molar-refractivity contribution < 1.29 is 17.2 Å². The number of sulfonamides is 1. The number of fused-ring (bicyclic) bond motifs is 1. The van der Waals surface area contributed by atoms with E-state index in [1.807, 2.05) is 36.0 Å². The lowest BCUT2D eigenvalue weighted by atomic mass is 10.1. The van der Waals surface area contributed by atoms with E-state index in [9.17, 15) is 17.2 Å². The summed E-state index contributed by atoms with van der Waals surface area (Å²) in [5.74, 6) is -1.09. The fourth-order valence-electron chi connectivity index (χ4n) is 4.09. The first-order chi connectivity index (χ1) is 17.3. The maximum atomic E-state index is 14.7. The van der Waals surface area contributed by atoms with E-state index in [2.05, 4.69) is 19.7 Å². The lowest BCUT2D eigenvalue weighted by molar-refractivity contribution is 0.585. The van der Waals surface area contributed by atoms with Crippen LogP contribution in [0.5, 0.6) is 0 Å². The van der Waals surface area contributed by atoms with E-state index in [-0.39, 0.29) is 11.4 Å². The molecule has 11 heteroatoms. The number of halogens is 2. The zero-order valence-corrected chi connectivity index (χ0v) is 19.9. The monoisotopic (exact) mass is 506 g/mol. The Morgan fingerprint density at radius 3 is 2.53 bits per heavy atom. The van der Waals surface area contributed by atoms with Crippen molar-refractivity contribution in [2.75, 3.05) is 4.72 Å². The van der Waals surface area contributed by atoms with Crippen LogP contribution >= 0.6 is 0 Å². The maximum Gasteiger partial charge on any atom is 0.236 e. The van der Waals surface area contributed by atoms with Gasteiger partial charge in [0.2, 0.25) is 10.0 Å². The second kappa shape index (κ2) is 8.23. The van der Waals surface area contributed by atoms with Crippen molar-refractivity contribution in [3.63, 3.8) is 0 Å². The summed E-state index contributed by atoms with van der Waals surface area (Å²) in [5, 5.41) is -0.465. The van der Waals surface area contributed by atoms with E-state index in [0.29, 0.717) is 29.7 Å². The Morgan fingerprint density at radius 1 is 0.972 bits per heavy atom. The molecule has 0 radical (unpaired) electrons. The summed E-state index contributed by atoms with van der Waals surface area (Å²) in [6, 6.07) is 12.0. The lowest BCUT2D eigenvalue weighted by Gasteiger charge is -2.13. The number of imidazole rings is 2. The standard InChI is InChI=1S/C25H20F2N6O2S/c1-32-12-22(28-13-32)15-2-7-23-21(8-15)29-14-33(23)25-10-16(19-6-3-17(26)11-20(19)27)9-24(30-25)31-36(34,35)18-4-5-18/h2-3,6-14,18H,4-5H2,1H3,(H,30,31). The third-order valence-electron chi connectivity index (χ3n) is 6.06. The molecule has 2 aromatic carbocycles. The molecule has 8 nitrogen and oxygen atoms in total. The Hall–Kier alpha value is -4.12. The largest absolute Gasteiger partial charge is 0.340 e. The van der Waals surface area contributed by atoms with Gasteiger partial charge in [0.1, 0.15) is 29.6 Å². The highest BCUT2D eigenvalue weighted by Crippen LogP contribution is 2.33. The molecule has 1 fully saturated rings. The smallest absolute Gasteiger partial charge is 0.236 e. The summed E-state index contributed by atoms with van der Waals surface area (Å²) in [6.07, 6.45) is 6.35. The van der Waals surface area contributed by atoms with E-state index in [1.54, 1.807) is 23.3 Å². The van der Waals surface area contributed by atoms with Crippen molar-refractivity contribution in [1.82, 2.24) is 24.1 Å². The Bertz CT molecular complexity index is 1740. The molecule has 0 amide bonds. The molecule has 0 saturated heterocycles. The van der Waals surface area contributed by atoms with Crippen molar-refractivity contribution in [3.05, 3.63) is 79.0 Å². The molecule has 3 aromatic heterocycles. The van der Waals surface area contributed by atoms with Gasteiger partial charge < -0.3 is 4.57 Å². The van der Waals surface area contributed by atoms with Crippen molar-refractivity contribution in [2.45, 2.75) is 18.1 Å². The molecule has 1 aliphatic carbocycles. The molecule has 1 aliphatic rings. The summed E-state index contributed by atoms with van der Waals surface area (Å²) in [6.45, 7) is 0. The molecule has 6 rings (SSSR count). The van der Waals surface area contributed by atoms with E-state index < -0.39 is 26.9 Å². The van der Waals surface area contributed by atoms with Crippen LogP contribution in [0.15, 0.2) is 67.4 Å². The molecule has 3 heterocycles. The van der Waals surface area contributed by atoms with E-state index in [4.69, 9.17) is 0 Å². The second-order valence-corrected chi connectivity index (χ2v) is 10.8. The molecule has 36 heavy (non-hydrogen) atoms. The Morgan fingerprint density at radius 2 is 1.81 bits per heavy atom. The highest BCUT2D eigenvalue weighted by atomic mass is 32.2. The molecule has 0 bridgehead atoms. The van der Waals surface area contributed by atoms with Crippen LogP contribution in [0.4, 0.5) is 14.6 Å². The topological polar surface area (TPSA) is 94.7 Å². The molecule has 0 aliphatic heterocycles. The molecule has 1 N–H and O–H groups in total.